The highest BCUT2D eigenvalue weighted by molar-refractivity contribution is 7.91. The molecule has 2 aromatic heterocycles. The molecule has 0 amide bonds. The van der Waals surface area contributed by atoms with Gasteiger partial charge in [-0.15, -0.1) is 10.2 Å². The third-order valence-corrected chi connectivity index (χ3v) is 4.44. The molecule has 92 valence electrons. The third kappa shape index (κ3) is 2.99. The van der Waals surface area contributed by atoms with Crippen molar-refractivity contribution in [2.75, 3.05) is 12.3 Å². The molecule has 0 bridgehead atoms. The quantitative estimate of drug-likeness (QED) is 0.666. The molecule has 0 spiro atoms. The zero-order valence-corrected chi connectivity index (χ0v) is 10.3. The van der Waals surface area contributed by atoms with Gasteiger partial charge in [-0.2, -0.15) is 0 Å². The second-order valence-corrected chi connectivity index (χ2v) is 6.04. The standard InChI is InChI=1S/C7H10N6O2S2/c8-6-12-13-7(16-6)17(14,15)11-2-1-5-9-3-4-10-5/h3-4,11H,1-2H2,(H2,8,12)(H,9,10). The highest BCUT2D eigenvalue weighted by Gasteiger charge is 2.18. The molecule has 0 saturated carbocycles. The number of nitrogen functional groups attached to an aromatic ring is 1. The Morgan fingerprint density at radius 1 is 1.47 bits per heavy atom. The maximum Gasteiger partial charge on any atom is 0.269 e. The zero-order valence-electron chi connectivity index (χ0n) is 8.62. The molecule has 10 heteroatoms. The molecule has 4 N–H and O–H groups in total. The van der Waals surface area contributed by atoms with Gasteiger partial charge in [-0.3, -0.25) is 0 Å². The summed E-state index contributed by atoms with van der Waals surface area (Å²) in [5, 5.41) is 7.04. The molecule has 0 unspecified atom stereocenters. The van der Waals surface area contributed by atoms with Crippen LogP contribution in [-0.2, 0) is 16.4 Å². The first-order valence-electron chi connectivity index (χ1n) is 4.65. The summed E-state index contributed by atoms with van der Waals surface area (Å²) in [6, 6.07) is 0. The molecule has 2 heterocycles. The Hall–Kier alpha value is -1.52. The topological polar surface area (TPSA) is 127 Å². The minimum Gasteiger partial charge on any atom is -0.374 e. The van der Waals surface area contributed by atoms with Crippen LogP contribution in [0.3, 0.4) is 0 Å². The van der Waals surface area contributed by atoms with Crippen LogP contribution in [-0.4, -0.2) is 35.1 Å². The molecule has 0 saturated heterocycles. The molecule has 0 aliphatic rings. The normalized spacial score (nSPS) is 11.8. The molecular weight excluding hydrogens is 264 g/mol. The molecule has 0 atom stereocenters. The Morgan fingerprint density at radius 2 is 2.29 bits per heavy atom. The molecule has 0 aromatic carbocycles. The Morgan fingerprint density at radius 3 is 2.88 bits per heavy atom. The highest BCUT2D eigenvalue weighted by atomic mass is 32.2. The molecule has 0 fully saturated rings. The Balaban J connectivity index is 1.94. The lowest BCUT2D eigenvalue weighted by Gasteiger charge is -2.01. The van der Waals surface area contributed by atoms with Gasteiger partial charge in [-0.05, 0) is 0 Å². The van der Waals surface area contributed by atoms with Gasteiger partial charge < -0.3 is 10.7 Å². The lowest BCUT2D eigenvalue weighted by atomic mass is 10.4. The maximum absolute atomic E-state index is 11.7. The van der Waals surface area contributed by atoms with Crippen molar-refractivity contribution in [3.63, 3.8) is 0 Å². The van der Waals surface area contributed by atoms with Gasteiger partial charge in [0.2, 0.25) is 9.47 Å². The van der Waals surface area contributed by atoms with Gasteiger partial charge in [0.05, 0.1) is 0 Å². The Bertz CT molecular complexity index is 575. The number of rotatable bonds is 5. The van der Waals surface area contributed by atoms with Gasteiger partial charge in [0.1, 0.15) is 5.82 Å². The zero-order chi connectivity index (χ0) is 12.3. The van der Waals surface area contributed by atoms with Crippen LogP contribution in [0.25, 0.3) is 0 Å². The lowest BCUT2D eigenvalue weighted by molar-refractivity contribution is 0.579. The number of aromatic nitrogens is 4. The summed E-state index contributed by atoms with van der Waals surface area (Å²) in [4.78, 5) is 6.85. The molecule has 2 aromatic rings. The highest BCUT2D eigenvalue weighted by Crippen LogP contribution is 2.16. The van der Waals surface area contributed by atoms with Gasteiger partial charge in [0, 0.05) is 25.4 Å². The van der Waals surface area contributed by atoms with E-state index in [0.29, 0.717) is 12.2 Å². The molecule has 17 heavy (non-hydrogen) atoms. The summed E-state index contributed by atoms with van der Waals surface area (Å²) in [5.41, 5.74) is 5.32. The van der Waals surface area contributed by atoms with Gasteiger partial charge >= 0.3 is 0 Å². The number of nitrogens with one attached hydrogen (secondary N) is 2. The van der Waals surface area contributed by atoms with E-state index >= 15 is 0 Å². The number of anilines is 1. The fraction of sp³-hybridized carbons (Fsp3) is 0.286. The molecule has 0 aliphatic heterocycles. The largest absolute Gasteiger partial charge is 0.374 e. The second-order valence-electron chi connectivity index (χ2n) is 3.09. The van der Waals surface area contributed by atoms with Crippen LogP contribution in [0.1, 0.15) is 5.82 Å². The van der Waals surface area contributed by atoms with E-state index in [-0.39, 0.29) is 16.0 Å². The maximum atomic E-state index is 11.7. The van der Waals surface area contributed by atoms with Crippen molar-refractivity contribution < 1.29 is 8.42 Å². The Kier molecular flexibility index (Phi) is 3.36. The number of hydrogen-bond donors (Lipinski definition) is 3. The number of sulfonamides is 1. The second kappa shape index (κ2) is 4.77. The first-order valence-corrected chi connectivity index (χ1v) is 6.95. The molecule has 0 aliphatic carbocycles. The monoisotopic (exact) mass is 274 g/mol. The van der Waals surface area contributed by atoms with E-state index in [4.69, 9.17) is 5.73 Å². The van der Waals surface area contributed by atoms with Gasteiger partial charge in [-0.1, -0.05) is 11.3 Å². The number of nitrogens with zero attached hydrogens (tertiary/aromatic N) is 3. The van der Waals surface area contributed by atoms with Gasteiger partial charge in [0.25, 0.3) is 10.0 Å². The SMILES string of the molecule is Nc1nnc(S(=O)(=O)NCCc2ncc[nH]2)s1. The van der Waals surface area contributed by atoms with Crippen molar-refractivity contribution >= 4 is 26.5 Å². The molecule has 0 radical (unpaired) electrons. The molecule has 2 rings (SSSR count). The first-order chi connectivity index (χ1) is 8.08. The smallest absolute Gasteiger partial charge is 0.269 e. The average molecular weight is 274 g/mol. The van der Waals surface area contributed by atoms with Crippen LogP contribution in [0.15, 0.2) is 16.7 Å². The number of nitrogens with two attached hydrogens (primary N) is 1. The summed E-state index contributed by atoms with van der Waals surface area (Å²) < 4.78 is 25.6. The van der Waals surface area contributed by atoms with E-state index in [1.54, 1.807) is 12.4 Å². The number of H-pyrrole nitrogens is 1. The summed E-state index contributed by atoms with van der Waals surface area (Å²) >= 11 is 0.824. The van der Waals surface area contributed by atoms with E-state index < -0.39 is 10.0 Å². The summed E-state index contributed by atoms with van der Waals surface area (Å²) in [6.45, 7) is 0.231. The third-order valence-electron chi connectivity index (χ3n) is 1.86. The fourth-order valence-electron chi connectivity index (χ4n) is 1.13. The van der Waals surface area contributed by atoms with Crippen molar-refractivity contribution in [3.05, 3.63) is 18.2 Å². The van der Waals surface area contributed by atoms with E-state index in [1.165, 1.54) is 0 Å². The van der Waals surface area contributed by atoms with E-state index in [2.05, 4.69) is 24.9 Å². The van der Waals surface area contributed by atoms with Crippen molar-refractivity contribution in [3.8, 4) is 0 Å². The van der Waals surface area contributed by atoms with Crippen molar-refractivity contribution in [2.45, 2.75) is 10.8 Å². The Labute approximate surface area is 101 Å². The van der Waals surface area contributed by atoms with Crippen LogP contribution in [0.4, 0.5) is 5.13 Å². The fourth-order valence-corrected chi connectivity index (χ4v) is 2.99. The van der Waals surface area contributed by atoms with Crippen LogP contribution < -0.4 is 10.5 Å². The summed E-state index contributed by atoms with van der Waals surface area (Å²) in [6.07, 6.45) is 3.76. The summed E-state index contributed by atoms with van der Waals surface area (Å²) in [5.74, 6) is 0.712. The van der Waals surface area contributed by atoms with Gasteiger partial charge in [0.15, 0.2) is 0 Å². The average Bonchev–Trinajstić information content (AvgIpc) is 2.89. The lowest BCUT2D eigenvalue weighted by Crippen LogP contribution is -2.26. The van der Waals surface area contributed by atoms with E-state index in [9.17, 15) is 8.42 Å². The van der Waals surface area contributed by atoms with Crippen molar-refractivity contribution in [1.29, 1.82) is 0 Å². The van der Waals surface area contributed by atoms with Gasteiger partial charge in [-0.25, -0.2) is 18.1 Å². The van der Waals surface area contributed by atoms with Crippen LogP contribution in [0, 0.1) is 0 Å². The minimum absolute atomic E-state index is 0.122. The predicted molar refractivity (Wildman–Crippen MR) is 61.8 cm³/mol. The number of imidazole rings is 1. The minimum atomic E-state index is -3.62. The molecule has 8 nitrogen and oxygen atoms in total. The van der Waals surface area contributed by atoms with Crippen molar-refractivity contribution in [2.24, 2.45) is 0 Å². The van der Waals surface area contributed by atoms with Crippen LogP contribution in [0.2, 0.25) is 0 Å². The number of aromatic amines is 1. The van der Waals surface area contributed by atoms with E-state index in [0.717, 1.165) is 11.3 Å². The number of hydrogen-bond acceptors (Lipinski definition) is 7. The van der Waals surface area contributed by atoms with Crippen LogP contribution in [0.5, 0.6) is 0 Å². The molecular formula is C7H10N6O2S2. The van der Waals surface area contributed by atoms with Crippen molar-refractivity contribution in [1.82, 2.24) is 24.9 Å². The predicted octanol–water partition coefficient (Wildman–Crippen LogP) is -0.636. The first kappa shape index (κ1) is 12.0. The van der Waals surface area contributed by atoms with Crippen LogP contribution >= 0.6 is 11.3 Å². The van der Waals surface area contributed by atoms with E-state index in [1.807, 2.05) is 0 Å². The summed E-state index contributed by atoms with van der Waals surface area (Å²) in [7, 11) is -3.62.